The Kier molecular flexibility index (Phi) is 6.68. The van der Waals surface area contributed by atoms with Gasteiger partial charge in [0.1, 0.15) is 5.75 Å². The van der Waals surface area contributed by atoms with Crippen LogP contribution in [0.15, 0.2) is 46.9 Å². The van der Waals surface area contributed by atoms with Gasteiger partial charge < -0.3 is 15.1 Å². The molecule has 2 aromatic rings. The molecule has 0 amide bonds. The van der Waals surface area contributed by atoms with E-state index in [4.69, 9.17) is 16.6 Å². The Morgan fingerprint density at radius 2 is 1.74 bits per heavy atom. The van der Waals surface area contributed by atoms with Gasteiger partial charge in [-0.3, -0.25) is 0 Å². The lowest BCUT2D eigenvalue weighted by atomic mass is 10.2. The fourth-order valence-electron chi connectivity index (χ4n) is 2.05. The minimum atomic E-state index is -2.07. The number of nitriles is 1. The molecule has 0 saturated carbocycles. The number of para-hydroxylation sites is 1. The summed E-state index contributed by atoms with van der Waals surface area (Å²) < 4.78 is 7.37. The average Bonchev–Trinajstić information content (AvgIpc) is 2.57. The van der Waals surface area contributed by atoms with Crippen molar-refractivity contribution in [2.45, 2.75) is 38.9 Å². The van der Waals surface area contributed by atoms with Crippen LogP contribution in [0.25, 0.3) is 0 Å². The summed E-state index contributed by atoms with van der Waals surface area (Å²) >= 11 is 8.96. The number of anilines is 2. The van der Waals surface area contributed by atoms with E-state index in [0.717, 1.165) is 15.8 Å². The van der Waals surface area contributed by atoms with Crippen LogP contribution in [0.1, 0.15) is 26.3 Å². The van der Waals surface area contributed by atoms with E-state index in [-0.39, 0.29) is 5.04 Å². The molecule has 0 aromatic heterocycles. The summed E-state index contributed by atoms with van der Waals surface area (Å²) in [5.41, 5.74) is 2.16. The fourth-order valence-corrected chi connectivity index (χ4v) is 3.67. The minimum Gasteiger partial charge on any atom is -0.542 e. The third-order valence-corrected chi connectivity index (χ3v) is 9.89. The van der Waals surface area contributed by atoms with Crippen molar-refractivity contribution < 1.29 is 4.43 Å². The molecule has 27 heavy (non-hydrogen) atoms. The van der Waals surface area contributed by atoms with Gasteiger partial charge >= 0.3 is 0 Å². The topological polar surface area (TPSA) is 57.1 Å². The highest BCUT2D eigenvalue weighted by atomic mass is 79.9. The second-order valence-electron chi connectivity index (χ2n) is 7.74. The number of rotatable bonds is 4. The highest BCUT2D eigenvalue weighted by Gasteiger charge is 2.39. The maximum absolute atomic E-state index is 9.26. The molecule has 0 spiro atoms. The van der Waals surface area contributed by atoms with E-state index >= 15 is 0 Å². The van der Waals surface area contributed by atoms with Gasteiger partial charge in [0.05, 0.1) is 23.0 Å². The Labute approximate surface area is 176 Å². The zero-order chi connectivity index (χ0) is 20.2. The second-order valence-corrected chi connectivity index (χ2v) is 13.7. The van der Waals surface area contributed by atoms with Gasteiger partial charge in [-0.15, -0.1) is 0 Å². The van der Waals surface area contributed by atoms with Gasteiger partial charge in [-0.25, -0.2) is 0 Å². The molecule has 7 heteroatoms. The van der Waals surface area contributed by atoms with Crippen LogP contribution in [0.4, 0.5) is 11.4 Å². The first-order valence-corrected chi connectivity index (χ1v) is 12.7. The van der Waals surface area contributed by atoms with Gasteiger partial charge in [-0.1, -0.05) is 32.9 Å². The predicted octanol–water partition coefficient (Wildman–Crippen LogP) is 6.51. The maximum Gasteiger partial charge on any atom is 0.250 e. The molecule has 0 aliphatic carbocycles. The number of nitrogens with zero attached hydrogens (tertiary/aromatic N) is 1. The van der Waals surface area contributed by atoms with Crippen LogP contribution in [0.5, 0.6) is 5.75 Å². The number of nitrogens with one attached hydrogen (secondary N) is 2. The van der Waals surface area contributed by atoms with Crippen LogP contribution in [-0.2, 0) is 0 Å². The van der Waals surface area contributed by atoms with Crippen LogP contribution in [0.3, 0.4) is 0 Å². The third-order valence-electron chi connectivity index (χ3n) is 4.65. The average molecular weight is 462 g/mol. The second kappa shape index (κ2) is 8.42. The Balaban J connectivity index is 2.27. The standard InChI is InChI=1S/C20H24BrN3OSSi/c1-20(2,3)27(4,5)25-18-12-14(13-22)10-11-17(18)24-19(26)23-16-9-7-6-8-15(16)21/h6-12H,1-5H3,(H2,23,24,26). The van der Waals surface area contributed by atoms with E-state index in [0.29, 0.717) is 16.4 Å². The lowest BCUT2D eigenvalue weighted by Gasteiger charge is -2.37. The number of halogens is 1. The van der Waals surface area contributed by atoms with Crippen molar-refractivity contribution >= 4 is 53.0 Å². The summed E-state index contributed by atoms with van der Waals surface area (Å²) in [5.74, 6) is 0.650. The molecule has 0 saturated heterocycles. The van der Waals surface area contributed by atoms with Crippen LogP contribution < -0.4 is 15.1 Å². The molecule has 0 bridgehead atoms. The van der Waals surface area contributed by atoms with Crippen molar-refractivity contribution in [2.24, 2.45) is 0 Å². The SMILES string of the molecule is CC(C)(C)[Si](C)(C)Oc1cc(C#N)ccc1NC(=S)Nc1ccccc1Br. The van der Waals surface area contributed by atoms with Crippen LogP contribution >= 0.6 is 28.1 Å². The highest BCUT2D eigenvalue weighted by molar-refractivity contribution is 9.10. The number of hydrogen-bond acceptors (Lipinski definition) is 3. The van der Waals surface area contributed by atoms with Gasteiger partial charge in [0.25, 0.3) is 8.32 Å². The van der Waals surface area contributed by atoms with Crippen LogP contribution in [0.2, 0.25) is 18.1 Å². The van der Waals surface area contributed by atoms with Crippen LogP contribution in [-0.4, -0.2) is 13.4 Å². The predicted molar refractivity (Wildman–Crippen MR) is 123 cm³/mol. The van der Waals surface area contributed by atoms with E-state index in [2.05, 4.69) is 66.5 Å². The molecule has 2 aromatic carbocycles. The van der Waals surface area contributed by atoms with E-state index < -0.39 is 8.32 Å². The number of benzene rings is 2. The largest absolute Gasteiger partial charge is 0.542 e. The van der Waals surface area contributed by atoms with Gasteiger partial charge in [0, 0.05) is 4.47 Å². The molecule has 0 aliphatic heterocycles. The quantitative estimate of drug-likeness (QED) is 0.401. The first kappa shape index (κ1) is 21.4. The first-order chi connectivity index (χ1) is 12.5. The molecule has 0 unspecified atom stereocenters. The van der Waals surface area contributed by atoms with Crippen molar-refractivity contribution in [2.75, 3.05) is 10.6 Å². The Morgan fingerprint density at radius 3 is 2.33 bits per heavy atom. The Morgan fingerprint density at radius 1 is 1.11 bits per heavy atom. The van der Waals surface area contributed by atoms with E-state index in [1.165, 1.54) is 0 Å². The zero-order valence-corrected chi connectivity index (χ0v) is 19.6. The number of hydrogen-bond donors (Lipinski definition) is 2. The summed E-state index contributed by atoms with van der Waals surface area (Å²) in [6.45, 7) is 10.9. The van der Waals surface area contributed by atoms with Crippen molar-refractivity contribution in [1.29, 1.82) is 5.26 Å². The maximum atomic E-state index is 9.26. The number of thiocarbonyl (C=S) groups is 1. The van der Waals surface area contributed by atoms with Gasteiger partial charge in [0.15, 0.2) is 5.11 Å². The fraction of sp³-hybridized carbons (Fsp3) is 0.300. The first-order valence-electron chi connectivity index (χ1n) is 8.59. The molecule has 0 aliphatic rings. The monoisotopic (exact) mass is 461 g/mol. The third kappa shape index (κ3) is 5.55. The smallest absolute Gasteiger partial charge is 0.250 e. The molecule has 2 N–H and O–H groups in total. The van der Waals surface area contributed by atoms with Gasteiger partial charge in [-0.05, 0) is 76.6 Å². The molecule has 0 radical (unpaired) electrons. The molecule has 142 valence electrons. The van der Waals surface area contributed by atoms with Crippen LogP contribution in [0, 0.1) is 11.3 Å². The molecular weight excluding hydrogens is 438 g/mol. The molecular formula is C20H24BrN3OSSi. The molecule has 4 nitrogen and oxygen atoms in total. The molecule has 0 atom stereocenters. The van der Waals surface area contributed by atoms with Crippen molar-refractivity contribution in [3.63, 3.8) is 0 Å². The van der Waals surface area contributed by atoms with E-state index in [9.17, 15) is 5.26 Å². The zero-order valence-electron chi connectivity index (χ0n) is 16.2. The summed E-state index contributed by atoms with van der Waals surface area (Å²) in [5, 5.41) is 16.1. The summed E-state index contributed by atoms with van der Waals surface area (Å²) in [4.78, 5) is 0. The van der Waals surface area contributed by atoms with Crippen molar-refractivity contribution in [1.82, 2.24) is 0 Å². The normalized spacial score (nSPS) is 11.4. The summed E-state index contributed by atoms with van der Waals surface area (Å²) in [6.07, 6.45) is 0. The minimum absolute atomic E-state index is 0.0422. The van der Waals surface area contributed by atoms with E-state index in [1.807, 2.05) is 30.3 Å². The van der Waals surface area contributed by atoms with Crippen molar-refractivity contribution in [3.8, 4) is 11.8 Å². The molecule has 0 heterocycles. The van der Waals surface area contributed by atoms with Crippen molar-refractivity contribution in [3.05, 3.63) is 52.5 Å². The van der Waals surface area contributed by atoms with Gasteiger partial charge in [0.2, 0.25) is 0 Å². The van der Waals surface area contributed by atoms with Gasteiger partial charge in [-0.2, -0.15) is 5.26 Å². The lowest BCUT2D eigenvalue weighted by molar-refractivity contribution is 0.494. The summed E-state index contributed by atoms with van der Waals surface area (Å²) in [7, 11) is -2.07. The Hall–Kier alpha value is -1.88. The lowest BCUT2D eigenvalue weighted by Crippen LogP contribution is -2.44. The molecule has 2 rings (SSSR count). The Bertz CT molecular complexity index is 888. The highest BCUT2D eigenvalue weighted by Crippen LogP contribution is 2.39. The molecule has 0 fully saturated rings. The summed E-state index contributed by atoms with van der Waals surface area (Å²) in [6, 6.07) is 15.3. The van der Waals surface area contributed by atoms with E-state index in [1.54, 1.807) is 12.1 Å².